The third kappa shape index (κ3) is 5.60. The summed E-state index contributed by atoms with van der Waals surface area (Å²) in [5, 5.41) is 6.90. The molecule has 2 heterocycles. The minimum Gasteiger partial charge on any atom is -0.355 e. The van der Waals surface area contributed by atoms with Gasteiger partial charge in [0.2, 0.25) is 15.9 Å². The maximum absolute atomic E-state index is 13.7. The highest BCUT2D eigenvalue weighted by molar-refractivity contribution is 7.89. The number of carbonyl (C=O) groups excluding carboxylic acids is 1. The van der Waals surface area contributed by atoms with Crippen LogP contribution in [0.5, 0.6) is 0 Å². The Morgan fingerprint density at radius 2 is 1.81 bits per heavy atom. The molecular formula is C28H33N3O4S. The van der Waals surface area contributed by atoms with E-state index in [0.29, 0.717) is 31.6 Å². The molecule has 36 heavy (non-hydrogen) atoms. The van der Waals surface area contributed by atoms with Crippen molar-refractivity contribution in [1.82, 2.24) is 14.8 Å². The van der Waals surface area contributed by atoms with Gasteiger partial charge in [0, 0.05) is 19.6 Å². The molecule has 0 spiro atoms. The molecule has 8 heteroatoms. The molecule has 0 aliphatic carbocycles. The van der Waals surface area contributed by atoms with Crippen LogP contribution in [0.25, 0.3) is 12.2 Å². The Balaban J connectivity index is 1.52. The van der Waals surface area contributed by atoms with Crippen LogP contribution in [0.1, 0.15) is 52.1 Å². The monoisotopic (exact) mass is 507 g/mol. The number of piperidine rings is 1. The number of aryl methyl sites for hydroxylation is 4. The number of carbonyl (C=O) groups is 1. The van der Waals surface area contributed by atoms with Crippen LogP contribution < -0.4 is 5.32 Å². The Morgan fingerprint density at radius 1 is 1.11 bits per heavy atom. The van der Waals surface area contributed by atoms with Crippen LogP contribution in [0.15, 0.2) is 51.9 Å². The lowest BCUT2D eigenvalue weighted by Crippen LogP contribution is -2.45. The van der Waals surface area contributed by atoms with Gasteiger partial charge in [-0.05, 0) is 68.9 Å². The Labute approximate surface area is 213 Å². The Bertz CT molecular complexity index is 1350. The average Bonchev–Trinajstić information content (AvgIpc) is 3.23. The van der Waals surface area contributed by atoms with Gasteiger partial charge in [0.25, 0.3) is 0 Å². The van der Waals surface area contributed by atoms with Crippen LogP contribution in [-0.4, -0.2) is 36.9 Å². The summed E-state index contributed by atoms with van der Waals surface area (Å²) in [6.45, 7) is 8.64. The SMILES string of the molecule is Cc1cc(C)c(/C=C/c2onc(C)c2S(=O)(=O)N2CCCC(C(=O)NCc3ccccc3)C2)c(C)c1. The van der Waals surface area contributed by atoms with Crippen LogP contribution in [0.4, 0.5) is 0 Å². The van der Waals surface area contributed by atoms with Gasteiger partial charge < -0.3 is 9.84 Å². The summed E-state index contributed by atoms with van der Waals surface area (Å²) in [5.74, 6) is -0.344. The van der Waals surface area contributed by atoms with Gasteiger partial charge in [0.15, 0.2) is 10.7 Å². The van der Waals surface area contributed by atoms with E-state index in [0.717, 1.165) is 22.3 Å². The fourth-order valence-electron chi connectivity index (χ4n) is 4.85. The van der Waals surface area contributed by atoms with Crippen molar-refractivity contribution in [3.8, 4) is 0 Å². The van der Waals surface area contributed by atoms with E-state index < -0.39 is 15.9 Å². The van der Waals surface area contributed by atoms with Crippen LogP contribution in [0.3, 0.4) is 0 Å². The van der Waals surface area contributed by atoms with Gasteiger partial charge in [-0.15, -0.1) is 0 Å². The molecule has 1 N–H and O–H groups in total. The van der Waals surface area contributed by atoms with Gasteiger partial charge in [-0.1, -0.05) is 59.3 Å². The highest BCUT2D eigenvalue weighted by Gasteiger charge is 2.36. The maximum atomic E-state index is 13.7. The minimum absolute atomic E-state index is 0.0616. The molecule has 1 fully saturated rings. The second kappa shape index (κ2) is 10.8. The lowest BCUT2D eigenvalue weighted by atomic mass is 9.99. The van der Waals surface area contributed by atoms with Crippen molar-refractivity contribution in [2.75, 3.05) is 13.1 Å². The highest BCUT2D eigenvalue weighted by Crippen LogP contribution is 2.30. The first-order valence-corrected chi connectivity index (χ1v) is 13.6. The Hall–Kier alpha value is -3.23. The van der Waals surface area contributed by atoms with Crippen LogP contribution in [0, 0.1) is 33.6 Å². The third-order valence-corrected chi connectivity index (χ3v) is 8.66. The lowest BCUT2D eigenvalue weighted by molar-refractivity contribution is -0.126. The topological polar surface area (TPSA) is 92.5 Å². The third-order valence-electron chi connectivity index (χ3n) is 6.64. The number of sulfonamides is 1. The fraction of sp³-hybridized carbons (Fsp3) is 0.357. The maximum Gasteiger partial charge on any atom is 0.248 e. The molecule has 0 radical (unpaired) electrons. The summed E-state index contributed by atoms with van der Waals surface area (Å²) in [4.78, 5) is 12.9. The lowest BCUT2D eigenvalue weighted by Gasteiger charge is -2.31. The second-order valence-electron chi connectivity index (χ2n) is 9.51. The van der Waals surface area contributed by atoms with E-state index in [-0.39, 0.29) is 23.1 Å². The van der Waals surface area contributed by atoms with Crippen LogP contribution in [-0.2, 0) is 21.4 Å². The van der Waals surface area contributed by atoms with Crippen molar-refractivity contribution in [3.05, 3.63) is 81.7 Å². The van der Waals surface area contributed by atoms with E-state index in [9.17, 15) is 13.2 Å². The van der Waals surface area contributed by atoms with Gasteiger partial charge >= 0.3 is 0 Å². The fourth-order valence-corrected chi connectivity index (χ4v) is 6.62. The molecule has 0 saturated carbocycles. The first kappa shape index (κ1) is 25.9. The number of nitrogens with one attached hydrogen (secondary N) is 1. The summed E-state index contributed by atoms with van der Waals surface area (Å²) in [7, 11) is -3.90. The highest BCUT2D eigenvalue weighted by atomic mass is 32.2. The molecule has 1 saturated heterocycles. The number of nitrogens with zero attached hydrogens (tertiary/aromatic N) is 2. The second-order valence-corrected chi connectivity index (χ2v) is 11.4. The van der Waals surface area contributed by atoms with Crippen LogP contribution >= 0.6 is 0 Å². The number of aromatic nitrogens is 1. The number of rotatable bonds is 7. The van der Waals surface area contributed by atoms with Crippen molar-refractivity contribution in [2.45, 2.75) is 52.0 Å². The summed E-state index contributed by atoms with van der Waals surface area (Å²) in [5.41, 5.74) is 5.71. The number of amides is 1. The molecule has 1 aliphatic rings. The predicted octanol–water partition coefficient (Wildman–Crippen LogP) is 4.80. The van der Waals surface area contributed by atoms with Crippen molar-refractivity contribution in [1.29, 1.82) is 0 Å². The van der Waals surface area contributed by atoms with Crippen molar-refractivity contribution in [3.63, 3.8) is 0 Å². The Kier molecular flexibility index (Phi) is 7.76. The van der Waals surface area contributed by atoms with Gasteiger partial charge in [0.05, 0.1) is 5.92 Å². The van der Waals surface area contributed by atoms with E-state index >= 15 is 0 Å². The van der Waals surface area contributed by atoms with Crippen molar-refractivity contribution < 1.29 is 17.7 Å². The van der Waals surface area contributed by atoms with Gasteiger partial charge in [-0.25, -0.2) is 8.42 Å². The minimum atomic E-state index is -3.90. The molecule has 1 unspecified atom stereocenters. The molecule has 4 rings (SSSR count). The number of benzene rings is 2. The first-order chi connectivity index (χ1) is 17.2. The van der Waals surface area contributed by atoms with E-state index in [1.54, 1.807) is 13.0 Å². The van der Waals surface area contributed by atoms with Crippen molar-refractivity contribution in [2.24, 2.45) is 5.92 Å². The van der Waals surface area contributed by atoms with Gasteiger partial charge in [-0.3, -0.25) is 4.79 Å². The molecule has 1 aromatic heterocycles. The molecule has 2 aromatic carbocycles. The number of hydrogen-bond donors (Lipinski definition) is 1. The standard InChI is InChI=1S/C28H33N3O4S/c1-19-15-20(2)25(21(3)16-19)12-13-26-27(22(4)30-35-26)36(33,34)31-14-8-11-24(18-31)28(32)29-17-23-9-6-5-7-10-23/h5-7,9-10,12-13,15-16,24H,8,11,14,17-18H2,1-4H3,(H,29,32)/b13-12+. The molecule has 1 atom stereocenters. The summed E-state index contributed by atoms with van der Waals surface area (Å²) in [6, 6.07) is 13.8. The van der Waals surface area contributed by atoms with E-state index in [4.69, 9.17) is 4.52 Å². The smallest absolute Gasteiger partial charge is 0.248 e. The molecule has 0 bridgehead atoms. The van der Waals surface area contributed by atoms with E-state index in [1.165, 1.54) is 9.87 Å². The zero-order valence-corrected chi connectivity index (χ0v) is 22.1. The molecule has 1 amide bonds. The predicted molar refractivity (Wildman–Crippen MR) is 141 cm³/mol. The zero-order valence-electron chi connectivity index (χ0n) is 21.2. The molecule has 7 nitrogen and oxygen atoms in total. The summed E-state index contributed by atoms with van der Waals surface area (Å²) in [6.07, 6.45) is 4.80. The normalized spacial score (nSPS) is 16.9. The summed E-state index contributed by atoms with van der Waals surface area (Å²) < 4.78 is 34.2. The zero-order chi connectivity index (χ0) is 25.9. The summed E-state index contributed by atoms with van der Waals surface area (Å²) >= 11 is 0. The molecule has 1 aliphatic heterocycles. The Morgan fingerprint density at radius 3 is 2.50 bits per heavy atom. The van der Waals surface area contributed by atoms with Crippen molar-refractivity contribution >= 4 is 28.1 Å². The molecular weight excluding hydrogens is 474 g/mol. The molecule has 190 valence electrons. The first-order valence-electron chi connectivity index (χ1n) is 12.2. The quantitative estimate of drug-likeness (QED) is 0.496. The molecule has 3 aromatic rings. The number of hydrogen-bond acceptors (Lipinski definition) is 5. The van der Waals surface area contributed by atoms with E-state index in [2.05, 4.69) is 22.6 Å². The van der Waals surface area contributed by atoms with Gasteiger partial charge in [0.1, 0.15) is 5.69 Å². The van der Waals surface area contributed by atoms with Crippen LogP contribution in [0.2, 0.25) is 0 Å². The largest absolute Gasteiger partial charge is 0.355 e. The average molecular weight is 508 g/mol. The van der Waals surface area contributed by atoms with Gasteiger partial charge in [-0.2, -0.15) is 4.31 Å². The van der Waals surface area contributed by atoms with E-state index in [1.807, 2.05) is 57.2 Å².